The van der Waals surface area contributed by atoms with Crippen molar-refractivity contribution in [1.29, 1.82) is 0 Å². The Balaban J connectivity index is 1.97. The first-order valence-electron chi connectivity index (χ1n) is 7.37. The zero-order valence-electron chi connectivity index (χ0n) is 12.8. The van der Waals surface area contributed by atoms with E-state index in [2.05, 4.69) is 10.9 Å². The molecule has 1 atom stereocenters. The van der Waals surface area contributed by atoms with Crippen molar-refractivity contribution in [3.63, 3.8) is 0 Å². The molecule has 1 unspecified atom stereocenters. The van der Waals surface area contributed by atoms with Gasteiger partial charge in [-0.3, -0.25) is 4.98 Å². The van der Waals surface area contributed by atoms with E-state index in [1.54, 1.807) is 6.07 Å². The fourth-order valence-corrected chi connectivity index (χ4v) is 2.57. The smallest absolute Gasteiger partial charge is 0.127 e. The fourth-order valence-electron chi connectivity index (χ4n) is 2.57. The van der Waals surface area contributed by atoms with Gasteiger partial charge in [0.1, 0.15) is 11.9 Å². The second kappa shape index (κ2) is 6.20. The summed E-state index contributed by atoms with van der Waals surface area (Å²) >= 11 is 0. The van der Waals surface area contributed by atoms with Crippen molar-refractivity contribution in [2.24, 2.45) is 0 Å². The van der Waals surface area contributed by atoms with Crippen LogP contribution in [0.4, 0.5) is 4.39 Å². The van der Waals surface area contributed by atoms with E-state index in [9.17, 15) is 9.50 Å². The summed E-state index contributed by atoms with van der Waals surface area (Å²) in [6.45, 7) is 1.95. The molecule has 0 spiro atoms. The quantitative estimate of drug-likeness (QED) is 0.745. The van der Waals surface area contributed by atoms with Crippen LogP contribution in [0.5, 0.6) is 0 Å². The number of halogens is 1. The van der Waals surface area contributed by atoms with E-state index in [1.807, 2.05) is 43.3 Å². The minimum atomic E-state index is -0.967. The zero-order valence-corrected chi connectivity index (χ0v) is 12.8. The van der Waals surface area contributed by atoms with E-state index in [1.165, 1.54) is 6.07 Å². The van der Waals surface area contributed by atoms with Crippen molar-refractivity contribution < 1.29 is 9.50 Å². The molecule has 0 aliphatic heterocycles. The summed E-state index contributed by atoms with van der Waals surface area (Å²) in [6.07, 6.45) is 4.27. The number of aryl methyl sites for hydroxylation is 1. The molecular formula is C20H16FNO. The van der Waals surface area contributed by atoms with Gasteiger partial charge in [-0.2, -0.15) is 0 Å². The predicted octanol–water partition coefficient (Wildman–Crippen LogP) is 3.89. The molecular weight excluding hydrogens is 289 g/mol. The summed E-state index contributed by atoms with van der Waals surface area (Å²) in [7, 11) is 0. The number of nitrogens with zero attached hydrogens (tertiary/aromatic N) is 1. The van der Waals surface area contributed by atoms with Crippen LogP contribution < -0.4 is 0 Å². The molecule has 0 aliphatic carbocycles. The van der Waals surface area contributed by atoms with Gasteiger partial charge in [0.15, 0.2) is 0 Å². The van der Waals surface area contributed by atoms with Crippen molar-refractivity contribution in [2.75, 3.05) is 0 Å². The van der Waals surface area contributed by atoms with Crippen molar-refractivity contribution in [3.05, 3.63) is 65.6 Å². The number of pyridine rings is 1. The third-order valence-corrected chi connectivity index (χ3v) is 3.82. The highest BCUT2D eigenvalue weighted by Gasteiger charge is 2.09. The maximum Gasteiger partial charge on any atom is 0.127 e. The van der Waals surface area contributed by atoms with Gasteiger partial charge in [-0.05, 0) is 47.9 Å². The maximum absolute atomic E-state index is 14.2. The average Bonchev–Trinajstić information content (AvgIpc) is 2.56. The minimum Gasteiger partial charge on any atom is -0.380 e. The summed E-state index contributed by atoms with van der Waals surface area (Å²) in [5, 5.41) is 10.5. The number of hydrogen-bond acceptors (Lipinski definition) is 2. The largest absolute Gasteiger partial charge is 0.380 e. The van der Waals surface area contributed by atoms with Crippen LogP contribution in [0.2, 0.25) is 0 Å². The molecule has 1 aromatic heterocycles. The Morgan fingerprint density at radius 3 is 2.61 bits per heavy atom. The van der Waals surface area contributed by atoms with Gasteiger partial charge in [-0.1, -0.05) is 30.2 Å². The molecule has 114 valence electrons. The van der Waals surface area contributed by atoms with E-state index < -0.39 is 6.10 Å². The van der Waals surface area contributed by atoms with Crippen LogP contribution in [0, 0.1) is 25.1 Å². The van der Waals surface area contributed by atoms with Crippen molar-refractivity contribution in [2.45, 2.75) is 19.4 Å². The van der Waals surface area contributed by atoms with Crippen LogP contribution in [0.1, 0.15) is 11.3 Å². The SMILES string of the molecule is C#CC(O)Cc1ccc(-c2ccc3nc(C)ccc3c2)cc1F. The zero-order chi connectivity index (χ0) is 16.4. The number of benzene rings is 2. The third-order valence-electron chi connectivity index (χ3n) is 3.82. The third kappa shape index (κ3) is 3.23. The van der Waals surface area contributed by atoms with Gasteiger partial charge < -0.3 is 5.11 Å². The normalized spacial score (nSPS) is 12.1. The first kappa shape index (κ1) is 15.2. The molecule has 23 heavy (non-hydrogen) atoms. The molecule has 2 aromatic carbocycles. The van der Waals surface area contributed by atoms with Crippen molar-refractivity contribution in [1.82, 2.24) is 4.98 Å². The lowest BCUT2D eigenvalue weighted by molar-refractivity contribution is 0.232. The van der Waals surface area contributed by atoms with Crippen molar-refractivity contribution in [3.8, 4) is 23.5 Å². The number of rotatable bonds is 3. The molecule has 0 bridgehead atoms. The Bertz CT molecular complexity index is 911. The summed E-state index contributed by atoms with van der Waals surface area (Å²) in [4.78, 5) is 4.46. The van der Waals surface area contributed by atoms with Gasteiger partial charge in [0.25, 0.3) is 0 Å². The Kier molecular flexibility index (Phi) is 4.10. The lowest BCUT2D eigenvalue weighted by Gasteiger charge is -2.09. The highest BCUT2D eigenvalue weighted by molar-refractivity contribution is 5.84. The van der Waals surface area contributed by atoms with Crippen LogP contribution in [0.15, 0.2) is 48.5 Å². The summed E-state index contributed by atoms with van der Waals surface area (Å²) in [6, 6.07) is 14.8. The Morgan fingerprint density at radius 1 is 1.13 bits per heavy atom. The van der Waals surface area contributed by atoms with Crippen LogP contribution in [-0.4, -0.2) is 16.2 Å². The van der Waals surface area contributed by atoms with E-state index in [0.29, 0.717) is 5.56 Å². The van der Waals surface area contributed by atoms with Gasteiger partial charge in [-0.15, -0.1) is 6.42 Å². The van der Waals surface area contributed by atoms with Crippen LogP contribution in [0.3, 0.4) is 0 Å². The second-order valence-electron chi connectivity index (χ2n) is 5.55. The molecule has 0 saturated carbocycles. The first-order chi connectivity index (χ1) is 11.1. The van der Waals surface area contributed by atoms with E-state index in [-0.39, 0.29) is 12.2 Å². The molecule has 0 radical (unpaired) electrons. The molecule has 3 rings (SSSR count). The van der Waals surface area contributed by atoms with Crippen molar-refractivity contribution >= 4 is 10.9 Å². The van der Waals surface area contributed by atoms with Gasteiger partial charge in [0.05, 0.1) is 5.52 Å². The monoisotopic (exact) mass is 305 g/mol. The average molecular weight is 305 g/mol. The lowest BCUT2D eigenvalue weighted by atomic mass is 9.99. The minimum absolute atomic E-state index is 0.115. The molecule has 0 aliphatic rings. The molecule has 1 heterocycles. The first-order valence-corrected chi connectivity index (χ1v) is 7.37. The van der Waals surface area contributed by atoms with E-state index in [4.69, 9.17) is 6.42 Å². The molecule has 1 N–H and O–H groups in total. The van der Waals surface area contributed by atoms with Crippen LogP contribution >= 0.6 is 0 Å². The Labute approximate surface area is 134 Å². The standard InChI is InChI=1S/C20H16FNO/c1-3-18(23)11-16-7-6-15(12-19(16)21)14-8-9-20-17(10-14)5-4-13(2)22-20/h1,4-10,12,18,23H,11H2,2H3. The molecule has 2 nitrogen and oxygen atoms in total. The fraction of sp³-hybridized carbons (Fsp3) is 0.150. The molecule has 0 fully saturated rings. The predicted molar refractivity (Wildman–Crippen MR) is 90.4 cm³/mol. The number of aliphatic hydroxyl groups excluding tert-OH is 1. The number of aliphatic hydroxyl groups is 1. The number of hydrogen-bond donors (Lipinski definition) is 1. The highest BCUT2D eigenvalue weighted by Crippen LogP contribution is 2.26. The number of fused-ring (bicyclic) bond motifs is 1. The topological polar surface area (TPSA) is 33.1 Å². The lowest BCUT2D eigenvalue weighted by Crippen LogP contribution is -2.08. The molecule has 3 heteroatoms. The summed E-state index contributed by atoms with van der Waals surface area (Å²) in [5.41, 5.74) is 4.00. The molecule has 0 amide bonds. The van der Waals surface area contributed by atoms with Gasteiger partial charge in [-0.25, -0.2) is 4.39 Å². The molecule has 3 aromatic rings. The maximum atomic E-state index is 14.2. The highest BCUT2D eigenvalue weighted by atomic mass is 19.1. The summed E-state index contributed by atoms with van der Waals surface area (Å²) < 4.78 is 14.2. The van der Waals surface area contributed by atoms with Gasteiger partial charge in [0, 0.05) is 17.5 Å². The Morgan fingerprint density at radius 2 is 1.87 bits per heavy atom. The second-order valence-corrected chi connectivity index (χ2v) is 5.55. The van der Waals surface area contributed by atoms with Gasteiger partial charge in [0.2, 0.25) is 0 Å². The Hall–Kier alpha value is -2.70. The summed E-state index contributed by atoms with van der Waals surface area (Å²) in [5.74, 6) is 1.83. The van der Waals surface area contributed by atoms with Gasteiger partial charge >= 0.3 is 0 Å². The number of terminal acetylenes is 1. The number of aromatic nitrogens is 1. The van der Waals surface area contributed by atoms with E-state index in [0.717, 1.165) is 27.7 Å². The van der Waals surface area contributed by atoms with E-state index >= 15 is 0 Å². The van der Waals surface area contributed by atoms with Crippen LogP contribution in [-0.2, 0) is 6.42 Å². The molecule has 0 saturated heterocycles. The van der Waals surface area contributed by atoms with Crippen LogP contribution in [0.25, 0.3) is 22.0 Å².